The van der Waals surface area contributed by atoms with Crippen molar-refractivity contribution >= 4 is 0 Å². The molecule has 0 aromatic carbocycles. The molecule has 0 aliphatic heterocycles. The predicted molar refractivity (Wildman–Crippen MR) is 131 cm³/mol. The van der Waals surface area contributed by atoms with Gasteiger partial charge in [0.1, 0.15) is 0 Å². The second-order valence-corrected chi connectivity index (χ2v) is 14.9. The Morgan fingerprint density at radius 3 is 2.26 bits per heavy atom. The summed E-state index contributed by atoms with van der Waals surface area (Å²) in [5, 5.41) is 10.8. The fourth-order valence-electron chi connectivity index (χ4n) is 10.3. The van der Waals surface area contributed by atoms with Crippen LogP contribution in [-0.4, -0.2) is 10.7 Å². The Labute approximate surface area is 193 Å². The molecule has 0 aromatic heterocycles. The first-order valence-corrected chi connectivity index (χ1v) is 14.2. The minimum Gasteiger partial charge on any atom is -0.390 e. The summed E-state index contributed by atoms with van der Waals surface area (Å²) in [6.45, 7) is 15.2. The van der Waals surface area contributed by atoms with Gasteiger partial charge in [-0.05, 0) is 148 Å². The molecule has 0 spiro atoms. The first kappa shape index (κ1) is 22.7. The van der Waals surface area contributed by atoms with Crippen LogP contribution < -0.4 is 0 Å². The molecule has 0 aromatic rings. The molecule has 0 heterocycles. The van der Waals surface area contributed by atoms with Crippen LogP contribution in [0.3, 0.4) is 0 Å². The third-order valence-corrected chi connectivity index (χ3v) is 12.6. The zero-order valence-electron chi connectivity index (χ0n) is 21.7. The fraction of sp³-hybridized carbons (Fsp3) is 1.00. The van der Waals surface area contributed by atoms with Gasteiger partial charge in [-0.15, -0.1) is 0 Å². The summed E-state index contributed by atoms with van der Waals surface area (Å²) in [5.41, 5.74) is 1.29. The summed E-state index contributed by atoms with van der Waals surface area (Å²) >= 11 is 0. The maximum absolute atomic E-state index is 10.8. The van der Waals surface area contributed by atoms with Crippen LogP contribution in [-0.2, 0) is 0 Å². The van der Waals surface area contributed by atoms with Gasteiger partial charge in [0.2, 0.25) is 0 Å². The van der Waals surface area contributed by atoms with Crippen molar-refractivity contribution in [2.45, 2.75) is 131 Å². The summed E-state index contributed by atoms with van der Waals surface area (Å²) in [5.74, 6) is 6.55. The SMILES string of the molecule is C[C@H](CCC(C)(C)C1CC1)[C@H]1CC[C@H]2[C@@H]3CC[C@@H]4C[C@@](C)(O)CC[C@]4(C)[C@H]3CC[C@]12C. The molecule has 0 saturated heterocycles. The van der Waals surface area contributed by atoms with Gasteiger partial charge in [0.25, 0.3) is 0 Å². The van der Waals surface area contributed by atoms with Gasteiger partial charge in [0, 0.05) is 0 Å². The molecule has 0 unspecified atom stereocenters. The molecule has 31 heavy (non-hydrogen) atoms. The largest absolute Gasteiger partial charge is 0.390 e. The van der Waals surface area contributed by atoms with Crippen molar-refractivity contribution in [3.63, 3.8) is 0 Å². The third-order valence-electron chi connectivity index (χ3n) is 12.6. The molecule has 178 valence electrons. The molecule has 5 fully saturated rings. The van der Waals surface area contributed by atoms with Gasteiger partial charge in [-0.2, -0.15) is 0 Å². The van der Waals surface area contributed by atoms with Crippen LogP contribution in [0.15, 0.2) is 0 Å². The molecule has 1 heteroatoms. The maximum atomic E-state index is 10.8. The summed E-state index contributed by atoms with van der Waals surface area (Å²) in [4.78, 5) is 0. The minimum absolute atomic E-state index is 0.400. The van der Waals surface area contributed by atoms with Gasteiger partial charge < -0.3 is 5.11 Å². The van der Waals surface area contributed by atoms with E-state index in [9.17, 15) is 5.11 Å². The Balaban J connectivity index is 1.28. The van der Waals surface area contributed by atoms with E-state index in [4.69, 9.17) is 0 Å². The predicted octanol–water partition coefficient (Wildman–Crippen LogP) is 8.25. The molecular formula is C30H52O. The van der Waals surface area contributed by atoms with E-state index in [2.05, 4.69) is 41.5 Å². The lowest BCUT2D eigenvalue weighted by Crippen LogP contribution is -2.55. The number of aliphatic hydroxyl groups is 1. The van der Waals surface area contributed by atoms with Crippen molar-refractivity contribution in [3.8, 4) is 0 Å². The Kier molecular flexibility index (Phi) is 5.49. The van der Waals surface area contributed by atoms with E-state index in [1.807, 2.05) is 0 Å². The molecule has 5 aliphatic rings. The van der Waals surface area contributed by atoms with Crippen molar-refractivity contribution in [2.24, 2.45) is 57.7 Å². The van der Waals surface area contributed by atoms with Crippen molar-refractivity contribution in [2.75, 3.05) is 0 Å². The van der Waals surface area contributed by atoms with Crippen LogP contribution >= 0.6 is 0 Å². The van der Waals surface area contributed by atoms with Crippen LogP contribution in [0.5, 0.6) is 0 Å². The second kappa shape index (κ2) is 7.48. The Bertz CT molecular complexity index is 674. The fourth-order valence-corrected chi connectivity index (χ4v) is 10.3. The normalized spacial score (nSPS) is 51.0. The highest BCUT2D eigenvalue weighted by Gasteiger charge is 2.61. The van der Waals surface area contributed by atoms with Crippen molar-refractivity contribution in [3.05, 3.63) is 0 Å². The highest BCUT2D eigenvalue weighted by molar-refractivity contribution is 5.10. The molecular weight excluding hydrogens is 376 g/mol. The van der Waals surface area contributed by atoms with E-state index < -0.39 is 5.60 Å². The zero-order chi connectivity index (χ0) is 22.2. The first-order valence-electron chi connectivity index (χ1n) is 14.2. The Hall–Kier alpha value is -0.0400. The van der Waals surface area contributed by atoms with Gasteiger partial charge in [-0.25, -0.2) is 0 Å². The van der Waals surface area contributed by atoms with Gasteiger partial charge >= 0.3 is 0 Å². The Morgan fingerprint density at radius 2 is 1.55 bits per heavy atom. The van der Waals surface area contributed by atoms with Crippen molar-refractivity contribution in [1.29, 1.82) is 0 Å². The Morgan fingerprint density at radius 1 is 0.839 bits per heavy atom. The second-order valence-electron chi connectivity index (χ2n) is 14.9. The number of hydrogen-bond donors (Lipinski definition) is 1. The van der Waals surface area contributed by atoms with Crippen LogP contribution in [0, 0.1) is 57.7 Å². The maximum Gasteiger partial charge on any atom is 0.0622 e. The highest BCUT2D eigenvalue weighted by Crippen LogP contribution is 2.69. The van der Waals surface area contributed by atoms with E-state index in [-0.39, 0.29) is 0 Å². The lowest BCUT2D eigenvalue weighted by molar-refractivity contribution is -0.148. The molecule has 1 nitrogen and oxygen atoms in total. The van der Waals surface area contributed by atoms with E-state index >= 15 is 0 Å². The third kappa shape index (κ3) is 3.76. The summed E-state index contributed by atoms with van der Waals surface area (Å²) in [6.07, 6.45) is 18.1. The van der Waals surface area contributed by atoms with Gasteiger partial charge in [-0.1, -0.05) is 34.6 Å². The van der Waals surface area contributed by atoms with E-state index in [0.29, 0.717) is 16.2 Å². The van der Waals surface area contributed by atoms with Crippen molar-refractivity contribution < 1.29 is 5.11 Å². The van der Waals surface area contributed by atoms with Gasteiger partial charge in [-0.3, -0.25) is 0 Å². The topological polar surface area (TPSA) is 20.2 Å². The minimum atomic E-state index is -0.400. The van der Waals surface area contributed by atoms with Crippen LogP contribution in [0.1, 0.15) is 125 Å². The van der Waals surface area contributed by atoms with Gasteiger partial charge in [0.15, 0.2) is 0 Å². The molecule has 5 rings (SSSR count). The van der Waals surface area contributed by atoms with E-state index in [0.717, 1.165) is 54.3 Å². The lowest BCUT2D eigenvalue weighted by atomic mass is 9.43. The van der Waals surface area contributed by atoms with Crippen LogP contribution in [0.4, 0.5) is 0 Å². The lowest BCUT2D eigenvalue weighted by Gasteiger charge is -2.62. The molecule has 0 bridgehead atoms. The average Bonchev–Trinajstić information content (AvgIpc) is 3.49. The van der Waals surface area contributed by atoms with Gasteiger partial charge in [0.05, 0.1) is 5.60 Å². The van der Waals surface area contributed by atoms with E-state index in [1.54, 1.807) is 0 Å². The summed E-state index contributed by atoms with van der Waals surface area (Å²) in [6, 6.07) is 0. The number of hydrogen-bond acceptors (Lipinski definition) is 1. The van der Waals surface area contributed by atoms with Crippen LogP contribution in [0.2, 0.25) is 0 Å². The molecule has 1 N–H and O–H groups in total. The number of rotatable bonds is 5. The van der Waals surface area contributed by atoms with E-state index in [1.165, 1.54) is 70.6 Å². The van der Waals surface area contributed by atoms with Crippen molar-refractivity contribution in [1.82, 2.24) is 0 Å². The standard InChI is InChI=1S/C30H52O/c1-20(13-15-27(2,3)21-7-8-21)24-11-12-25-23-10-9-22-19-28(4,31)17-18-29(22,5)26(23)14-16-30(24,25)6/h20-26,31H,7-19H2,1-6H3/t20-,22-,23+,24-,25+,26+,28+,29+,30-/m1/s1. The van der Waals surface area contributed by atoms with Crippen LogP contribution in [0.25, 0.3) is 0 Å². The molecule has 0 radical (unpaired) electrons. The molecule has 5 aliphatic carbocycles. The summed E-state index contributed by atoms with van der Waals surface area (Å²) < 4.78 is 0. The summed E-state index contributed by atoms with van der Waals surface area (Å²) in [7, 11) is 0. The average molecular weight is 429 g/mol. The molecule has 5 saturated carbocycles. The highest BCUT2D eigenvalue weighted by atomic mass is 16.3. The first-order chi connectivity index (χ1) is 14.5. The number of fused-ring (bicyclic) bond motifs is 5. The molecule has 9 atom stereocenters. The zero-order valence-corrected chi connectivity index (χ0v) is 21.7. The quantitative estimate of drug-likeness (QED) is 0.467. The smallest absolute Gasteiger partial charge is 0.0622 e. The monoisotopic (exact) mass is 428 g/mol. The molecule has 0 amide bonds.